The summed E-state index contributed by atoms with van der Waals surface area (Å²) >= 11 is 0. The molecule has 1 saturated carbocycles. The highest BCUT2D eigenvalue weighted by molar-refractivity contribution is 5.50. The maximum atomic E-state index is 14.2. The van der Waals surface area contributed by atoms with E-state index in [1.54, 1.807) is 13.2 Å². The topological polar surface area (TPSA) is 44.5 Å². The number of ether oxygens (including phenoxy) is 2. The molecule has 0 spiro atoms. The van der Waals surface area contributed by atoms with Crippen LogP contribution in [0.25, 0.3) is 0 Å². The lowest BCUT2D eigenvalue weighted by molar-refractivity contribution is 0.272. The minimum absolute atomic E-state index is 0.308. The van der Waals surface area contributed by atoms with E-state index in [2.05, 4.69) is 0 Å². The lowest BCUT2D eigenvalue weighted by atomic mass is 9.76. The molecule has 0 saturated heterocycles. The van der Waals surface area contributed by atoms with Gasteiger partial charge in [0.2, 0.25) is 0 Å². The normalized spacial score (nSPS) is 18.4. The molecule has 4 heteroatoms. The van der Waals surface area contributed by atoms with E-state index in [9.17, 15) is 4.39 Å². The monoisotopic (exact) mass is 253 g/mol. The minimum atomic E-state index is -0.637. The van der Waals surface area contributed by atoms with Crippen molar-refractivity contribution in [1.29, 1.82) is 0 Å². The molecule has 1 aliphatic rings. The molecule has 0 amide bonds. The van der Waals surface area contributed by atoms with E-state index in [4.69, 9.17) is 15.2 Å². The summed E-state index contributed by atoms with van der Waals surface area (Å²) in [7, 11) is 3.07. The van der Waals surface area contributed by atoms with E-state index in [1.807, 2.05) is 0 Å². The highest BCUT2D eigenvalue weighted by Crippen LogP contribution is 2.44. The zero-order valence-corrected chi connectivity index (χ0v) is 11.0. The van der Waals surface area contributed by atoms with Crippen LogP contribution in [-0.2, 0) is 5.54 Å². The molecule has 1 aromatic carbocycles. The summed E-state index contributed by atoms with van der Waals surface area (Å²) < 4.78 is 24.7. The molecule has 0 atom stereocenters. The molecular weight excluding hydrogens is 233 g/mol. The van der Waals surface area contributed by atoms with Crippen molar-refractivity contribution in [2.24, 2.45) is 5.73 Å². The van der Waals surface area contributed by atoms with Crippen LogP contribution in [0.5, 0.6) is 11.5 Å². The van der Waals surface area contributed by atoms with Gasteiger partial charge in [-0.25, -0.2) is 4.39 Å². The number of hydrogen-bond donors (Lipinski definition) is 1. The first kappa shape index (κ1) is 13.1. The summed E-state index contributed by atoms with van der Waals surface area (Å²) in [5, 5.41) is 0. The van der Waals surface area contributed by atoms with Crippen LogP contribution >= 0.6 is 0 Å². The third-order valence-electron chi connectivity index (χ3n) is 3.74. The Morgan fingerprint density at radius 1 is 1.11 bits per heavy atom. The zero-order chi connectivity index (χ0) is 13.2. The van der Waals surface area contributed by atoms with Gasteiger partial charge in [-0.2, -0.15) is 0 Å². The van der Waals surface area contributed by atoms with Gasteiger partial charge in [-0.15, -0.1) is 0 Å². The van der Waals surface area contributed by atoms with Crippen molar-refractivity contribution in [3.05, 3.63) is 23.5 Å². The highest BCUT2D eigenvalue weighted by Gasteiger charge is 2.36. The first-order valence-electron chi connectivity index (χ1n) is 6.32. The highest BCUT2D eigenvalue weighted by atomic mass is 19.1. The summed E-state index contributed by atoms with van der Waals surface area (Å²) in [6, 6.07) is 2.98. The molecule has 0 unspecified atom stereocenters. The van der Waals surface area contributed by atoms with E-state index >= 15 is 0 Å². The SMILES string of the molecule is COc1ccc(F)c(C2(N)CCCCC2)c1OC. The minimum Gasteiger partial charge on any atom is -0.493 e. The summed E-state index contributed by atoms with van der Waals surface area (Å²) in [4.78, 5) is 0. The Balaban J connectivity index is 2.53. The molecular formula is C14H20FNO2. The lowest BCUT2D eigenvalue weighted by Gasteiger charge is -2.35. The first-order chi connectivity index (χ1) is 8.62. The van der Waals surface area contributed by atoms with Crippen molar-refractivity contribution in [2.75, 3.05) is 14.2 Å². The number of hydrogen-bond acceptors (Lipinski definition) is 3. The number of methoxy groups -OCH3 is 2. The molecule has 18 heavy (non-hydrogen) atoms. The number of halogens is 1. The molecule has 0 aliphatic heterocycles. The van der Waals surface area contributed by atoms with Crippen LogP contribution in [0.15, 0.2) is 12.1 Å². The Morgan fingerprint density at radius 3 is 2.33 bits per heavy atom. The Labute approximate surface area is 107 Å². The van der Waals surface area contributed by atoms with Crippen LogP contribution in [-0.4, -0.2) is 14.2 Å². The van der Waals surface area contributed by atoms with E-state index in [0.717, 1.165) is 32.1 Å². The predicted molar refractivity (Wildman–Crippen MR) is 68.5 cm³/mol. The maximum absolute atomic E-state index is 14.2. The molecule has 1 aliphatic carbocycles. The smallest absolute Gasteiger partial charge is 0.168 e. The van der Waals surface area contributed by atoms with Gasteiger partial charge in [0, 0.05) is 5.54 Å². The number of benzene rings is 1. The third kappa shape index (κ3) is 2.17. The molecule has 0 aromatic heterocycles. The largest absolute Gasteiger partial charge is 0.493 e. The van der Waals surface area contributed by atoms with Gasteiger partial charge in [-0.05, 0) is 25.0 Å². The fourth-order valence-electron chi connectivity index (χ4n) is 2.80. The van der Waals surface area contributed by atoms with Crippen molar-refractivity contribution < 1.29 is 13.9 Å². The molecule has 2 rings (SSSR count). The standard InChI is InChI=1S/C14H20FNO2/c1-17-11-7-6-10(15)12(13(11)18-2)14(16)8-4-3-5-9-14/h6-7H,3-5,8-9,16H2,1-2H3. The molecule has 0 heterocycles. The number of rotatable bonds is 3. The van der Waals surface area contributed by atoms with Gasteiger partial charge in [0.05, 0.1) is 19.8 Å². The van der Waals surface area contributed by atoms with Crippen molar-refractivity contribution in [3.8, 4) is 11.5 Å². The second kappa shape index (κ2) is 5.14. The Bertz CT molecular complexity index is 428. The van der Waals surface area contributed by atoms with Gasteiger partial charge in [-0.1, -0.05) is 19.3 Å². The van der Waals surface area contributed by atoms with Crippen molar-refractivity contribution in [3.63, 3.8) is 0 Å². The fourth-order valence-corrected chi connectivity index (χ4v) is 2.80. The molecule has 1 fully saturated rings. The van der Waals surface area contributed by atoms with Gasteiger partial charge >= 0.3 is 0 Å². The summed E-state index contributed by atoms with van der Waals surface area (Å²) in [6.45, 7) is 0. The van der Waals surface area contributed by atoms with Crippen molar-refractivity contribution in [2.45, 2.75) is 37.6 Å². The zero-order valence-electron chi connectivity index (χ0n) is 11.0. The second-order valence-corrected chi connectivity index (χ2v) is 4.87. The lowest BCUT2D eigenvalue weighted by Crippen LogP contribution is -2.39. The van der Waals surface area contributed by atoms with Crippen molar-refractivity contribution in [1.82, 2.24) is 0 Å². The predicted octanol–water partition coefficient (Wildman–Crippen LogP) is 2.96. The van der Waals surface area contributed by atoms with Gasteiger partial charge in [0.1, 0.15) is 5.82 Å². The van der Waals surface area contributed by atoms with Crippen LogP contribution in [0.1, 0.15) is 37.7 Å². The van der Waals surface area contributed by atoms with Crippen LogP contribution in [0.2, 0.25) is 0 Å². The van der Waals surface area contributed by atoms with Gasteiger partial charge < -0.3 is 15.2 Å². The van der Waals surface area contributed by atoms with Gasteiger partial charge in [0.25, 0.3) is 0 Å². The van der Waals surface area contributed by atoms with Gasteiger partial charge in [0.15, 0.2) is 11.5 Å². The summed E-state index contributed by atoms with van der Waals surface area (Å²) in [5.41, 5.74) is 6.23. The van der Waals surface area contributed by atoms with Crippen LogP contribution < -0.4 is 15.2 Å². The molecule has 2 N–H and O–H groups in total. The third-order valence-corrected chi connectivity index (χ3v) is 3.74. The molecule has 1 aromatic rings. The van der Waals surface area contributed by atoms with E-state index in [0.29, 0.717) is 17.1 Å². The molecule has 3 nitrogen and oxygen atoms in total. The maximum Gasteiger partial charge on any atom is 0.168 e. The second-order valence-electron chi connectivity index (χ2n) is 4.87. The number of nitrogens with two attached hydrogens (primary N) is 1. The Morgan fingerprint density at radius 2 is 1.78 bits per heavy atom. The van der Waals surface area contributed by atoms with E-state index < -0.39 is 5.54 Å². The Hall–Kier alpha value is -1.29. The van der Waals surface area contributed by atoms with E-state index in [1.165, 1.54) is 13.2 Å². The Kier molecular flexibility index (Phi) is 3.76. The fraction of sp³-hybridized carbons (Fsp3) is 0.571. The van der Waals surface area contributed by atoms with Crippen LogP contribution in [0, 0.1) is 5.82 Å². The van der Waals surface area contributed by atoms with E-state index in [-0.39, 0.29) is 5.82 Å². The summed E-state index contributed by atoms with van der Waals surface area (Å²) in [5.74, 6) is 0.656. The van der Waals surface area contributed by atoms with Crippen LogP contribution in [0.3, 0.4) is 0 Å². The average molecular weight is 253 g/mol. The molecule has 100 valence electrons. The molecule has 0 radical (unpaired) electrons. The quantitative estimate of drug-likeness (QED) is 0.900. The first-order valence-corrected chi connectivity index (χ1v) is 6.32. The van der Waals surface area contributed by atoms with Gasteiger partial charge in [-0.3, -0.25) is 0 Å². The average Bonchev–Trinajstić information content (AvgIpc) is 2.38. The van der Waals surface area contributed by atoms with Crippen molar-refractivity contribution >= 4 is 0 Å². The molecule has 0 bridgehead atoms. The van der Waals surface area contributed by atoms with Crippen LogP contribution in [0.4, 0.5) is 4.39 Å². The summed E-state index contributed by atoms with van der Waals surface area (Å²) in [6.07, 6.45) is 4.78.